The van der Waals surface area contributed by atoms with E-state index in [4.69, 9.17) is 10.4 Å². The van der Waals surface area contributed by atoms with Crippen LogP contribution >= 0.6 is 11.3 Å². The number of nitrogens with zero attached hydrogens (tertiary/aromatic N) is 1. The zero-order valence-electron chi connectivity index (χ0n) is 9.38. The second kappa shape index (κ2) is 5.34. The fourth-order valence-electron chi connectivity index (χ4n) is 1.47. The van der Waals surface area contributed by atoms with Crippen LogP contribution in [0.25, 0.3) is 0 Å². The molecule has 0 aliphatic rings. The maximum Gasteiger partial charge on any atom is 0.336 e. The molecule has 0 aliphatic carbocycles. The molecular weight excluding hydrogens is 248 g/mol. The molecule has 2 aromatic rings. The highest BCUT2D eigenvalue weighted by molar-refractivity contribution is 7.10. The third-order valence-corrected chi connectivity index (χ3v) is 3.30. The first-order valence-electron chi connectivity index (χ1n) is 5.24. The van der Waals surface area contributed by atoms with E-state index in [1.165, 1.54) is 11.3 Å². The second-order valence-corrected chi connectivity index (χ2v) is 4.65. The van der Waals surface area contributed by atoms with Gasteiger partial charge in [0.1, 0.15) is 0 Å². The predicted octanol–water partition coefficient (Wildman–Crippen LogP) is 2.93. The minimum Gasteiger partial charge on any atom is -0.478 e. The molecule has 0 amide bonds. The number of benzene rings is 1. The van der Waals surface area contributed by atoms with Gasteiger partial charge in [0.15, 0.2) is 0 Å². The Morgan fingerprint density at radius 1 is 1.44 bits per heavy atom. The minimum atomic E-state index is -0.913. The first-order valence-corrected chi connectivity index (χ1v) is 6.12. The van der Waals surface area contributed by atoms with Gasteiger partial charge in [0.05, 0.1) is 17.2 Å². The Morgan fingerprint density at radius 2 is 2.28 bits per heavy atom. The molecule has 4 nitrogen and oxygen atoms in total. The normalized spacial score (nSPS) is 9.72. The van der Waals surface area contributed by atoms with Crippen LogP contribution in [-0.4, -0.2) is 11.1 Å². The van der Waals surface area contributed by atoms with Crippen molar-refractivity contribution in [2.24, 2.45) is 0 Å². The summed E-state index contributed by atoms with van der Waals surface area (Å²) in [5, 5.41) is 22.3. The number of thiophene rings is 1. The van der Waals surface area contributed by atoms with Gasteiger partial charge in [0, 0.05) is 22.5 Å². The lowest BCUT2D eigenvalue weighted by atomic mass is 10.2. The standard InChI is InChI=1S/C13H10N2O2S/c14-6-9-2-1-3-11(4-9)15-7-12-5-10(8-18-12)13(16)17/h1-5,8,15H,7H2,(H,16,17). The van der Waals surface area contributed by atoms with E-state index in [1.807, 2.05) is 6.07 Å². The zero-order valence-corrected chi connectivity index (χ0v) is 10.2. The highest BCUT2D eigenvalue weighted by atomic mass is 32.1. The number of rotatable bonds is 4. The monoisotopic (exact) mass is 258 g/mol. The molecule has 0 radical (unpaired) electrons. The summed E-state index contributed by atoms with van der Waals surface area (Å²) in [5.74, 6) is -0.913. The summed E-state index contributed by atoms with van der Waals surface area (Å²) < 4.78 is 0. The van der Waals surface area contributed by atoms with Crippen LogP contribution < -0.4 is 5.32 Å². The van der Waals surface area contributed by atoms with Gasteiger partial charge in [-0.3, -0.25) is 0 Å². The summed E-state index contributed by atoms with van der Waals surface area (Å²) in [6.45, 7) is 0.548. The molecule has 5 heteroatoms. The van der Waals surface area contributed by atoms with Crippen LogP contribution in [0.4, 0.5) is 5.69 Å². The molecule has 2 rings (SSSR count). The second-order valence-electron chi connectivity index (χ2n) is 3.65. The van der Waals surface area contributed by atoms with E-state index in [1.54, 1.807) is 29.6 Å². The van der Waals surface area contributed by atoms with E-state index in [9.17, 15) is 4.79 Å². The third-order valence-electron chi connectivity index (χ3n) is 2.36. The summed E-state index contributed by atoms with van der Waals surface area (Å²) in [6, 6.07) is 10.9. The SMILES string of the molecule is N#Cc1cccc(NCc2cc(C(=O)O)cs2)c1. The highest BCUT2D eigenvalue weighted by Crippen LogP contribution is 2.17. The van der Waals surface area contributed by atoms with Crippen LogP contribution in [0.3, 0.4) is 0 Å². The van der Waals surface area contributed by atoms with Crippen molar-refractivity contribution in [2.45, 2.75) is 6.54 Å². The van der Waals surface area contributed by atoms with Crippen LogP contribution in [0.5, 0.6) is 0 Å². The van der Waals surface area contributed by atoms with Crippen molar-refractivity contribution in [3.63, 3.8) is 0 Å². The molecule has 0 fully saturated rings. The Labute approximate surface area is 108 Å². The van der Waals surface area contributed by atoms with Crippen LogP contribution in [-0.2, 0) is 6.54 Å². The Bertz CT molecular complexity index is 613. The number of nitriles is 1. The highest BCUT2D eigenvalue weighted by Gasteiger charge is 2.06. The Balaban J connectivity index is 2.02. The van der Waals surface area contributed by atoms with Gasteiger partial charge < -0.3 is 10.4 Å². The van der Waals surface area contributed by atoms with Crippen molar-refractivity contribution in [1.82, 2.24) is 0 Å². The van der Waals surface area contributed by atoms with Crippen molar-refractivity contribution < 1.29 is 9.90 Å². The number of anilines is 1. The van der Waals surface area contributed by atoms with Crippen LogP contribution in [0.2, 0.25) is 0 Å². The third kappa shape index (κ3) is 2.87. The largest absolute Gasteiger partial charge is 0.478 e. The van der Waals surface area contributed by atoms with Crippen molar-refractivity contribution in [3.8, 4) is 6.07 Å². The zero-order chi connectivity index (χ0) is 13.0. The van der Waals surface area contributed by atoms with Crippen molar-refractivity contribution >= 4 is 23.0 Å². The quantitative estimate of drug-likeness (QED) is 0.884. The van der Waals surface area contributed by atoms with Gasteiger partial charge in [-0.15, -0.1) is 11.3 Å². The number of nitrogens with one attached hydrogen (secondary N) is 1. The summed E-state index contributed by atoms with van der Waals surface area (Å²) in [4.78, 5) is 11.7. The molecule has 0 saturated heterocycles. The fourth-order valence-corrected chi connectivity index (χ4v) is 2.27. The average molecular weight is 258 g/mol. The lowest BCUT2D eigenvalue weighted by Crippen LogP contribution is -1.98. The summed E-state index contributed by atoms with van der Waals surface area (Å²) in [7, 11) is 0. The van der Waals surface area contributed by atoms with E-state index in [0.717, 1.165) is 10.6 Å². The van der Waals surface area contributed by atoms with Gasteiger partial charge in [0.2, 0.25) is 0 Å². The smallest absolute Gasteiger partial charge is 0.336 e. The molecule has 2 N–H and O–H groups in total. The summed E-state index contributed by atoms with van der Waals surface area (Å²) in [5.41, 5.74) is 1.75. The number of carboxylic acid groups (broad SMARTS) is 1. The first-order chi connectivity index (χ1) is 8.69. The molecular formula is C13H10N2O2S. The van der Waals surface area contributed by atoms with Crippen LogP contribution in [0.1, 0.15) is 20.8 Å². The van der Waals surface area contributed by atoms with E-state index in [0.29, 0.717) is 17.7 Å². The van der Waals surface area contributed by atoms with E-state index in [-0.39, 0.29) is 0 Å². The Morgan fingerprint density at radius 3 is 2.94 bits per heavy atom. The van der Waals surface area contributed by atoms with Gasteiger partial charge in [-0.1, -0.05) is 6.07 Å². The molecule has 0 aliphatic heterocycles. The van der Waals surface area contributed by atoms with Crippen molar-refractivity contribution in [3.05, 3.63) is 51.7 Å². The number of hydrogen-bond acceptors (Lipinski definition) is 4. The molecule has 1 heterocycles. The first kappa shape index (κ1) is 12.1. The molecule has 0 saturated carbocycles. The predicted molar refractivity (Wildman–Crippen MR) is 69.8 cm³/mol. The molecule has 0 bridgehead atoms. The number of carbonyl (C=O) groups is 1. The maximum atomic E-state index is 10.7. The van der Waals surface area contributed by atoms with Crippen LogP contribution in [0.15, 0.2) is 35.7 Å². The minimum absolute atomic E-state index is 0.308. The van der Waals surface area contributed by atoms with Gasteiger partial charge in [-0.2, -0.15) is 5.26 Å². The van der Waals surface area contributed by atoms with Crippen molar-refractivity contribution in [2.75, 3.05) is 5.32 Å². The van der Waals surface area contributed by atoms with Gasteiger partial charge in [-0.25, -0.2) is 4.79 Å². The lowest BCUT2D eigenvalue weighted by molar-refractivity contribution is 0.0697. The van der Waals surface area contributed by atoms with Gasteiger partial charge in [0.25, 0.3) is 0 Å². The van der Waals surface area contributed by atoms with Crippen LogP contribution in [0, 0.1) is 11.3 Å². The van der Waals surface area contributed by atoms with Gasteiger partial charge in [-0.05, 0) is 24.3 Å². The molecule has 0 unspecified atom stereocenters. The number of carboxylic acids is 1. The maximum absolute atomic E-state index is 10.7. The Kier molecular flexibility index (Phi) is 3.60. The average Bonchev–Trinajstić information content (AvgIpc) is 2.85. The van der Waals surface area contributed by atoms with E-state index >= 15 is 0 Å². The Hall–Kier alpha value is -2.32. The van der Waals surface area contributed by atoms with Gasteiger partial charge >= 0.3 is 5.97 Å². The number of hydrogen-bond donors (Lipinski definition) is 2. The summed E-state index contributed by atoms with van der Waals surface area (Å²) >= 11 is 1.40. The fraction of sp³-hybridized carbons (Fsp3) is 0.0769. The summed E-state index contributed by atoms with van der Waals surface area (Å²) in [6.07, 6.45) is 0. The molecule has 1 aromatic heterocycles. The topological polar surface area (TPSA) is 73.1 Å². The molecule has 1 aromatic carbocycles. The van der Waals surface area contributed by atoms with Crippen molar-refractivity contribution in [1.29, 1.82) is 5.26 Å². The number of aromatic carboxylic acids is 1. The lowest BCUT2D eigenvalue weighted by Gasteiger charge is -2.04. The molecule has 90 valence electrons. The molecule has 0 atom stereocenters. The molecule has 0 spiro atoms. The van der Waals surface area contributed by atoms with E-state index in [2.05, 4.69) is 11.4 Å². The van der Waals surface area contributed by atoms with E-state index < -0.39 is 5.97 Å². The molecule has 18 heavy (non-hydrogen) atoms.